The number of aromatic nitrogens is 4. The Balaban J connectivity index is 1.25. The molecule has 8 rings (SSSR count). The second-order valence-electron chi connectivity index (χ2n) is 28.1. The highest BCUT2D eigenvalue weighted by Crippen LogP contribution is 2.45. The molecule has 6 aromatic rings. The van der Waals surface area contributed by atoms with E-state index in [1.54, 1.807) is 6.07 Å². The molecule has 8 bridgehead atoms. The van der Waals surface area contributed by atoms with E-state index in [1.165, 1.54) is 223 Å². The highest BCUT2D eigenvalue weighted by Gasteiger charge is 2.24. The maximum atomic E-state index is 12.0. The van der Waals surface area contributed by atoms with E-state index in [9.17, 15) is 16.5 Å². The fourth-order valence-corrected chi connectivity index (χ4v) is 14.5. The quantitative estimate of drug-likeness (QED) is 0.0146. The third-order valence-electron chi connectivity index (χ3n) is 19.6. The first-order valence-electron chi connectivity index (χ1n) is 40.6. The highest BCUT2D eigenvalue weighted by atomic mass is 32.1. The first-order chi connectivity index (χ1) is 50.7. The summed E-state index contributed by atoms with van der Waals surface area (Å²) in [5.41, 5.74) is 8.56. The Hall–Kier alpha value is -7.80. The standard InChI is InChI=1S/C90H121N5O6S/c1-5-9-13-17-21-25-29-33-37-41-63-98-82-47-45-48-83(99-64-42-38-34-30-26-22-18-14-10-6-2)88(82)86-78-57-51-71(92-78)68-72-52-58-79(93-72)87(81-62-60-77(95-81)75(76-59-61-80(86)94-76)56-55-73-53-54-74(102-73)67-70(69-91)90(96)97)89-84(100-65-43-39-35-31-27-23-19-15-11-7-3)49-46-50-85(89)101-66-44-40-36-32-28-24-20-16-12-8-4/h45-54,57-62,67-68,92,95H,5-44,63-66H2,1-4H3,(H,96,97)/b70-67-,71-68?,72-68?,76-75?,77-75?,86-78?,86-80?,87-79?,87-81?/i68D. The molecule has 4 aromatic heterocycles. The number of hydrogen-bond acceptors (Lipinski definition) is 9. The molecule has 0 saturated heterocycles. The van der Waals surface area contributed by atoms with Gasteiger partial charge in [-0.25, -0.2) is 14.8 Å². The molecule has 102 heavy (non-hydrogen) atoms. The van der Waals surface area contributed by atoms with E-state index in [-0.39, 0.29) is 11.6 Å². The van der Waals surface area contributed by atoms with Crippen LogP contribution in [0.4, 0.5) is 0 Å². The molecule has 0 atom stereocenters. The summed E-state index contributed by atoms with van der Waals surface area (Å²) < 4.78 is 37.8. The van der Waals surface area contributed by atoms with Crippen molar-refractivity contribution in [2.45, 2.75) is 285 Å². The predicted molar refractivity (Wildman–Crippen MR) is 431 cm³/mol. The number of nitrogens with one attached hydrogen (secondary N) is 2. The van der Waals surface area contributed by atoms with Crippen LogP contribution in [0.25, 0.3) is 74.7 Å². The summed E-state index contributed by atoms with van der Waals surface area (Å²) in [5.74, 6) is 8.50. The fraction of sp³-hybridized carbons (Fsp3) is 0.533. The molecule has 0 unspecified atom stereocenters. The lowest BCUT2D eigenvalue weighted by molar-refractivity contribution is -0.132. The predicted octanol–water partition coefficient (Wildman–Crippen LogP) is 26.6. The molecule has 6 heterocycles. The van der Waals surface area contributed by atoms with E-state index >= 15 is 0 Å². The molecule has 11 nitrogen and oxygen atoms in total. The molecule has 0 radical (unpaired) electrons. The van der Waals surface area contributed by atoms with Crippen molar-refractivity contribution in [1.82, 2.24) is 19.9 Å². The van der Waals surface area contributed by atoms with E-state index in [2.05, 4.69) is 55.6 Å². The number of H-pyrrole nitrogens is 2. The number of carboxylic acids is 1. The van der Waals surface area contributed by atoms with Gasteiger partial charge in [0, 0.05) is 32.6 Å². The van der Waals surface area contributed by atoms with Gasteiger partial charge in [0.2, 0.25) is 0 Å². The molecular formula is C90H121N5O6S. The van der Waals surface area contributed by atoms with Crippen molar-refractivity contribution in [3.8, 4) is 63.2 Å². The van der Waals surface area contributed by atoms with Gasteiger partial charge in [0.25, 0.3) is 0 Å². The van der Waals surface area contributed by atoms with E-state index in [0.717, 1.165) is 84.7 Å². The second kappa shape index (κ2) is 47.5. The van der Waals surface area contributed by atoms with Crippen LogP contribution in [0.1, 0.15) is 324 Å². The lowest BCUT2D eigenvalue weighted by Gasteiger charge is -2.18. The number of nitriles is 1. The minimum Gasteiger partial charge on any atom is -0.493 e. The van der Waals surface area contributed by atoms with Gasteiger partial charge in [0.1, 0.15) is 34.6 Å². The fourth-order valence-electron chi connectivity index (χ4n) is 13.7. The lowest BCUT2D eigenvalue weighted by atomic mass is 10.0. The van der Waals surface area contributed by atoms with Crippen LogP contribution in [0.15, 0.2) is 84.4 Å². The molecular weight excluding hydrogens is 1280 g/mol. The van der Waals surface area contributed by atoms with Crippen LogP contribution < -0.4 is 18.9 Å². The molecule has 12 heteroatoms. The zero-order valence-corrected chi connectivity index (χ0v) is 63.5. The Labute approximate surface area is 618 Å². The Morgan fingerprint density at radius 1 is 0.441 bits per heavy atom. The van der Waals surface area contributed by atoms with Gasteiger partial charge < -0.3 is 34.0 Å². The molecule has 0 saturated carbocycles. The third-order valence-corrected chi connectivity index (χ3v) is 20.5. The van der Waals surface area contributed by atoms with Gasteiger partial charge in [-0.1, -0.05) is 283 Å². The Morgan fingerprint density at radius 2 is 0.814 bits per heavy atom. The van der Waals surface area contributed by atoms with E-state index in [4.69, 9.17) is 28.9 Å². The molecule has 2 aromatic carbocycles. The van der Waals surface area contributed by atoms with Gasteiger partial charge in [-0.2, -0.15) is 5.26 Å². The Bertz CT molecular complexity index is 3720. The summed E-state index contributed by atoms with van der Waals surface area (Å²) >= 11 is 1.31. The van der Waals surface area contributed by atoms with Crippen LogP contribution >= 0.6 is 11.3 Å². The summed E-state index contributed by atoms with van der Waals surface area (Å²) in [4.78, 5) is 31.8. The number of unbranched alkanes of at least 4 members (excludes halogenated alkanes) is 36. The molecule has 2 aliphatic rings. The van der Waals surface area contributed by atoms with Gasteiger partial charge in [0.05, 0.1) is 77.7 Å². The molecule has 0 aliphatic carbocycles. The van der Waals surface area contributed by atoms with E-state index < -0.39 is 5.97 Å². The number of ether oxygens (including phenoxy) is 4. The summed E-state index contributed by atoms with van der Waals surface area (Å²) in [7, 11) is 0. The lowest BCUT2D eigenvalue weighted by Crippen LogP contribution is -2.04. The number of aromatic amines is 2. The number of carbonyl (C=O) groups is 1. The minimum atomic E-state index is -1.28. The van der Waals surface area contributed by atoms with Gasteiger partial charge >= 0.3 is 5.97 Å². The number of fused-ring (bicyclic) bond motifs is 8. The van der Waals surface area contributed by atoms with Crippen molar-refractivity contribution < 1.29 is 30.2 Å². The summed E-state index contributed by atoms with van der Waals surface area (Å²) in [5, 5.41) is 19.4. The number of nitrogens with zero attached hydrogens (tertiary/aromatic N) is 3. The Kier molecular flexibility index (Phi) is 36.5. The average molecular weight is 1400 g/mol. The number of rotatable bonds is 52. The number of benzene rings is 2. The van der Waals surface area contributed by atoms with Crippen LogP contribution in [0.2, 0.25) is 0 Å². The molecule has 0 fully saturated rings. The van der Waals surface area contributed by atoms with Crippen molar-refractivity contribution in [3.63, 3.8) is 0 Å². The summed E-state index contributed by atoms with van der Waals surface area (Å²) in [6.45, 7) is 11.3. The molecule has 548 valence electrons. The molecule has 3 N–H and O–H groups in total. The first kappa shape index (κ1) is 78.3. The van der Waals surface area contributed by atoms with Crippen molar-refractivity contribution >= 4 is 69.8 Å². The molecule has 2 aliphatic heterocycles. The number of carboxylic acid groups (broad SMARTS) is 1. The zero-order valence-electron chi connectivity index (χ0n) is 63.7. The maximum absolute atomic E-state index is 12.0. The minimum absolute atomic E-state index is 0.238. The van der Waals surface area contributed by atoms with Crippen LogP contribution in [0, 0.1) is 23.2 Å². The van der Waals surface area contributed by atoms with Gasteiger partial charge in [-0.3, -0.25) is 0 Å². The van der Waals surface area contributed by atoms with Crippen LogP contribution in [-0.2, 0) is 4.79 Å². The van der Waals surface area contributed by atoms with Crippen molar-refractivity contribution in [2.24, 2.45) is 0 Å². The number of aliphatic carboxylic acids is 1. The SMILES string of the molecule is [2H]c1c2nc(c(-c3c(OCCCCCCCCCCCC)cccc3OCCCCCCCCCCCC)c3ccc([nH]3)c(C#Cc3ccc(/C=C(/C#N)C(=O)O)s3)c3nc(c(-c4c(OCCCCCCCCCCCC)cccc4OCCCCCCCCCCCC)c4ccc1[nH]4)C=C3)C=C2. The van der Waals surface area contributed by atoms with E-state index in [1.807, 2.05) is 91.0 Å². The van der Waals surface area contributed by atoms with Crippen molar-refractivity contribution in [3.05, 3.63) is 123 Å². The van der Waals surface area contributed by atoms with Crippen LogP contribution in [0.3, 0.4) is 0 Å². The largest absolute Gasteiger partial charge is 0.493 e. The van der Waals surface area contributed by atoms with Gasteiger partial charge in [0.15, 0.2) is 0 Å². The van der Waals surface area contributed by atoms with Gasteiger partial charge in [-0.15, -0.1) is 11.3 Å². The monoisotopic (exact) mass is 1400 g/mol. The van der Waals surface area contributed by atoms with Crippen molar-refractivity contribution in [2.75, 3.05) is 26.4 Å². The van der Waals surface area contributed by atoms with Crippen molar-refractivity contribution in [1.29, 1.82) is 5.26 Å². The number of hydrogen-bond donors (Lipinski definition) is 3. The van der Waals surface area contributed by atoms with Crippen LogP contribution in [0.5, 0.6) is 23.0 Å². The molecule has 0 amide bonds. The average Bonchev–Trinajstić information content (AvgIpc) is 1.67. The highest BCUT2D eigenvalue weighted by molar-refractivity contribution is 7.13. The normalized spacial score (nSPS) is 12.0. The smallest absolute Gasteiger partial charge is 0.346 e. The summed E-state index contributed by atoms with van der Waals surface area (Å²) in [6, 6.07) is 26.0. The molecule has 0 spiro atoms. The second-order valence-corrected chi connectivity index (χ2v) is 29.2. The van der Waals surface area contributed by atoms with Crippen LogP contribution in [-0.4, -0.2) is 57.4 Å². The topological polar surface area (TPSA) is 155 Å². The first-order valence-corrected chi connectivity index (χ1v) is 40.9. The Morgan fingerprint density at radius 3 is 1.24 bits per heavy atom. The maximum Gasteiger partial charge on any atom is 0.346 e. The zero-order chi connectivity index (χ0) is 72.3. The van der Waals surface area contributed by atoms with Gasteiger partial charge in [-0.05, 0) is 123 Å². The number of thiophene rings is 1. The van der Waals surface area contributed by atoms with E-state index in [0.29, 0.717) is 98.6 Å². The summed E-state index contributed by atoms with van der Waals surface area (Å²) in [6.07, 6.45) is 58.4. The third kappa shape index (κ3) is 27.1.